The number of rotatable bonds is 6. The summed E-state index contributed by atoms with van der Waals surface area (Å²) in [5, 5.41) is 10.6. The van der Waals surface area contributed by atoms with Crippen LogP contribution in [0.1, 0.15) is 57.1 Å². The molecule has 1 heterocycles. The number of hydrogen-bond acceptors (Lipinski definition) is 4. The minimum atomic E-state index is -0.340. The number of phenolic OH excluding ortho intramolecular Hbond substituents is 1. The molecule has 3 aliphatic rings. The first kappa shape index (κ1) is 21.7. The van der Waals surface area contributed by atoms with Crippen LogP contribution in [0.5, 0.6) is 5.75 Å². The lowest BCUT2D eigenvalue weighted by Crippen LogP contribution is -2.46. The molecule has 1 N–H and O–H groups in total. The minimum absolute atomic E-state index is 0.0290. The number of hydrogen-bond donors (Lipinski definition) is 1. The highest BCUT2D eigenvalue weighted by Crippen LogP contribution is 2.48. The Balaban J connectivity index is 1.30. The average Bonchev–Trinajstić information content (AvgIpc) is 3.09. The van der Waals surface area contributed by atoms with Crippen LogP contribution in [0.25, 0.3) is 0 Å². The van der Waals surface area contributed by atoms with E-state index in [0.29, 0.717) is 36.9 Å². The third kappa shape index (κ3) is 4.30. The van der Waals surface area contributed by atoms with Crippen LogP contribution in [-0.4, -0.2) is 58.2 Å². The van der Waals surface area contributed by atoms with Crippen LogP contribution in [0.2, 0.25) is 0 Å². The van der Waals surface area contributed by atoms with Crippen molar-refractivity contribution in [2.45, 2.75) is 64.0 Å². The van der Waals surface area contributed by atoms with Gasteiger partial charge in [0.05, 0.1) is 6.42 Å². The summed E-state index contributed by atoms with van der Waals surface area (Å²) in [6.45, 7) is 11.3. The van der Waals surface area contributed by atoms with E-state index < -0.39 is 0 Å². The number of likely N-dealkylation sites (tertiary alicyclic amines) is 1. The van der Waals surface area contributed by atoms with Gasteiger partial charge in [0.15, 0.2) is 0 Å². The number of aromatic hydroxyl groups is 1. The fourth-order valence-corrected chi connectivity index (χ4v) is 4.86. The standard InChI is InChI=1S/C25H34N2O4/c1-5-12-27(25(2,3)4)24(30)31-23-19-14-26(15-20(19)23)21(28)13-17-10-7-11-18(22(17)29)16-8-6-9-16/h5,7,10-11,16,19-20,23,29H,1,6,8-9,12-15H2,2-4H3. The summed E-state index contributed by atoms with van der Waals surface area (Å²) < 4.78 is 5.76. The van der Waals surface area contributed by atoms with E-state index in [0.717, 1.165) is 18.4 Å². The molecular weight excluding hydrogens is 392 g/mol. The molecule has 0 bridgehead atoms. The molecule has 0 radical (unpaired) electrons. The number of piperidine rings is 1. The molecule has 1 aliphatic heterocycles. The fourth-order valence-electron chi connectivity index (χ4n) is 4.86. The Hall–Kier alpha value is -2.50. The van der Waals surface area contributed by atoms with Gasteiger partial charge in [0.2, 0.25) is 5.91 Å². The number of ether oxygens (including phenoxy) is 1. The Morgan fingerprint density at radius 2 is 1.94 bits per heavy atom. The number of nitrogens with zero attached hydrogens (tertiary/aromatic N) is 2. The van der Waals surface area contributed by atoms with Gasteiger partial charge in [0.1, 0.15) is 11.9 Å². The Bertz CT molecular complexity index is 859. The zero-order valence-electron chi connectivity index (χ0n) is 18.8. The molecule has 4 rings (SSSR count). The van der Waals surface area contributed by atoms with Gasteiger partial charge < -0.3 is 14.7 Å². The van der Waals surface area contributed by atoms with Gasteiger partial charge in [-0.1, -0.05) is 30.7 Å². The molecule has 2 saturated carbocycles. The molecule has 1 aromatic rings. The quantitative estimate of drug-likeness (QED) is 0.696. The van der Waals surface area contributed by atoms with Crippen LogP contribution in [0.3, 0.4) is 0 Å². The van der Waals surface area contributed by atoms with Crippen molar-refractivity contribution in [3.8, 4) is 5.75 Å². The van der Waals surface area contributed by atoms with Crippen LogP contribution in [0.15, 0.2) is 30.9 Å². The van der Waals surface area contributed by atoms with Gasteiger partial charge in [-0.05, 0) is 45.1 Å². The topological polar surface area (TPSA) is 70.1 Å². The fraction of sp³-hybridized carbons (Fsp3) is 0.600. The lowest BCUT2D eigenvalue weighted by Gasteiger charge is -2.34. The highest BCUT2D eigenvalue weighted by Gasteiger charge is 2.59. The van der Waals surface area contributed by atoms with Gasteiger partial charge in [-0.2, -0.15) is 0 Å². The van der Waals surface area contributed by atoms with E-state index in [1.807, 2.05) is 43.9 Å². The summed E-state index contributed by atoms with van der Waals surface area (Å²) in [6, 6.07) is 5.76. The Labute approximate surface area is 184 Å². The van der Waals surface area contributed by atoms with Crippen LogP contribution < -0.4 is 0 Å². The third-order valence-corrected chi connectivity index (χ3v) is 7.08. The molecule has 168 valence electrons. The van der Waals surface area contributed by atoms with Gasteiger partial charge in [-0.25, -0.2) is 4.79 Å². The summed E-state index contributed by atoms with van der Waals surface area (Å²) in [5.74, 6) is 1.18. The van der Waals surface area contributed by atoms with Crippen molar-refractivity contribution in [3.05, 3.63) is 42.0 Å². The molecule has 2 atom stereocenters. The second kappa shape index (κ2) is 8.21. The van der Waals surface area contributed by atoms with Gasteiger partial charge in [0.25, 0.3) is 0 Å². The number of phenols is 1. The van der Waals surface area contributed by atoms with E-state index in [-0.39, 0.29) is 41.9 Å². The highest BCUT2D eigenvalue weighted by molar-refractivity contribution is 5.80. The zero-order valence-corrected chi connectivity index (χ0v) is 18.8. The van der Waals surface area contributed by atoms with Gasteiger partial charge in [-0.15, -0.1) is 6.58 Å². The molecule has 0 spiro atoms. The Kier molecular flexibility index (Phi) is 5.75. The van der Waals surface area contributed by atoms with Crippen molar-refractivity contribution in [2.75, 3.05) is 19.6 Å². The maximum Gasteiger partial charge on any atom is 0.410 e. The van der Waals surface area contributed by atoms with Crippen molar-refractivity contribution in [3.63, 3.8) is 0 Å². The van der Waals surface area contributed by atoms with Gasteiger partial charge in [-0.3, -0.25) is 9.69 Å². The maximum atomic E-state index is 12.8. The molecule has 6 nitrogen and oxygen atoms in total. The third-order valence-electron chi connectivity index (χ3n) is 7.08. The number of carbonyl (C=O) groups is 2. The van der Waals surface area contributed by atoms with Crippen molar-refractivity contribution in [1.29, 1.82) is 0 Å². The second-order valence-corrected chi connectivity index (χ2v) is 10.2. The lowest BCUT2D eigenvalue weighted by atomic mass is 9.79. The number of carbonyl (C=O) groups excluding carboxylic acids is 2. The smallest absolute Gasteiger partial charge is 0.410 e. The predicted molar refractivity (Wildman–Crippen MR) is 119 cm³/mol. The minimum Gasteiger partial charge on any atom is -0.507 e. The van der Waals surface area contributed by atoms with E-state index >= 15 is 0 Å². The van der Waals surface area contributed by atoms with Gasteiger partial charge >= 0.3 is 6.09 Å². The molecule has 6 heteroatoms. The normalized spacial score (nSPS) is 24.9. The van der Waals surface area contributed by atoms with E-state index in [4.69, 9.17) is 4.74 Å². The molecule has 2 unspecified atom stereocenters. The first-order valence-electron chi connectivity index (χ1n) is 11.4. The molecule has 1 aromatic carbocycles. The summed E-state index contributed by atoms with van der Waals surface area (Å²) in [4.78, 5) is 29.0. The highest BCUT2D eigenvalue weighted by atomic mass is 16.6. The Morgan fingerprint density at radius 1 is 1.26 bits per heavy atom. The Morgan fingerprint density at radius 3 is 2.48 bits per heavy atom. The van der Waals surface area contributed by atoms with Crippen molar-refractivity contribution in [2.24, 2.45) is 11.8 Å². The molecule has 2 aliphatic carbocycles. The summed E-state index contributed by atoms with van der Waals surface area (Å²) in [6.07, 6.45) is 4.92. The summed E-state index contributed by atoms with van der Waals surface area (Å²) in [5.41, 5.74) is 1.35. The van der Waals surface area contributed by atoms with E-state index in [1.54, 1.807) is 11.0 Å². The van der Waals surface area contributed by atoms with Crippen molar-refractivity contribution < 1.29 is 19.4 Å². The van der Waals surface area contributed by atoms with Crippen LogP contribution in [0.4, 0.5) is 4.79 Å². The number of benzene rings is 1. The average molecular weight is 427 g/mol. The first-order chi connectivity index (χ1) is 14.7. The van der Waals surface area contributed by atoms with Crippen molar-refractivity contribution in [1.82, 2.24) is 9.80 Å². The number of amides is 2. The number of para-hydroxylation sites is 1. The summed E-state index contributed by atoms with van der Waals surface area (Å²) in [7, 11) is 0. The first-order valence-corrected chi connectivity index (χ1v) is 11.4. The second-order valence-electron chi connectivity index (χ2n) is 10.2. The molecule has 2 amide bonds. The molecule has 0 aromatic heterocycles. The van der Waals surface area contributed by atoms with Crippen LogP contribution in [-0.2, 0) is 16.0 Å². The maximum absolute atomic E-state index is 12.8. The molecule has 3 fully saturated rings. The van der Waals surface area contributed by atoms with Crippen molar-refractivity contribution >= 4 is 12.0 Å². The van der Waals surface area contributed by atoms with Crippen LogP contribution >= 0.6 is 0 Å². The van der Waals surface area contributed by atoms with E-state index in [2.05, 4.69) is 6.58 Å². The van der Waals surface area contributed by atoms with E-state index in [1.165, 1.54) is 6.42 Å². The van der Waals surface area contributed by atoms with Gasteiger partial charge in [0, 0.05) is 42.6 Å². The monoisotopic (exact) mass is 426 g/mol. The van der Waals surface area contributed by atoms with E-state index in [9.17, 15) is 14.7 Å². The predicted octanol–water partition coefficient (Wildman–Crippen LogP) is 4.08. The summed E-state index contributed by atoms with van der Waals surface area (Å²) >= 11 is 0. The lowest BCUT2D eigenvalue weighted by molar-refractivity contribution is -0.130. The molecular formula is C25H34N2O4. The largest absolute Gasteiger partial charge is 0.507 e. The molecule has 1 saturated heterocycles. The van der Waals surface area contributed by atoms with Crippen LogP contribution in [0, 0.1) is 11.8 Å². The zero-order chi connectivity index (χ0) is 22.3. The molecule has 31 heavy (non-hydrogen) atoms. The SMILES string of the molecule is C=CCN(C(=O)OC1C2CN(C(=O)Cc3cccc(C4CCC4)c3O)CC21)C(C)(C)C. The number of fused-ring (bicyclic) bond motifs is 1.